The van der Waals surface area contributed by atoms with Gasteiger partial charge in [-0.05, 0) is 29.8 Å². The van der Waals surface area contributed by atoms with Crippen molar-refractivity contribution in [1.29, 1.82) is 0 Å². The van der Waals surface area contributed by atoms with E-state index in [0.29, 0.717) is 11.3 Å². The van der Waals surface area contributed by atoms with Gasteiger partial charge in [0.25, 0.3) is 0 Å². The zero-order valence-electron chi connectivity index (χ0n) is 12.0. The molecule has 0 aliphatic heterocycles. The Kier molecular flexibility index (Phi) is 4.33. The monoisotopic (exact) mass is 312 g/mol. The minimum atomic E-state index is -0.665. The summed E-state index contributed by atoms with van der Waals surface area (Å²) < 4.78 is 23.3. The van der Waals surface area contributed by atoms with Crippen molar-refractivity contribution in [2.45, 2.75) is 6.61 Å². The predicted molar refractivity (Wildman–Crippen MR) is 82.1 cm³/mol. The molecule has 1 amide bonds. The SMILES string of the molecule is O=C(Nc1ncc(-c2ccc(F)cc2)o1)OCc1ccccc1. The van der Waals surface area contributed by atoms with E-state index in [1.165, 1.54) is 18.3 Å². The molecule has 0 radical (unpaired) electrons. The smallest absolute Gasteiger partial charge is 0.415 e. The van der Waals surface area contributed by atoms with Crippen molar-refractivity contribution < 1.29 is 18.3 Å². The van der Waals surface area contributed by atoms with Gasteiger partial charge in [0.1, 0.15) is 12.4 Å². The molecule has 0 fully saturated rings. The molecule has 23 heavy (non-hydrogen) atoms. The third kappa shape index (κ3) is 3.94. The average Bonchev–Trinajstić information content (AvgIpc) is 3.03. The number of carbonyl (C=O) groups excluding carboxylic acids is 1. The van der Waals surface area contributed by atoms with Gasteiger partial charge >= 0.3 is 12.1 Å². The standard InChI is InChI=1S/C17H13FN2O3/c18-14-8-6-13(7-9-14)15-10-19-16(23-15)20-17(21)22-11-12-4-2-1-3-5-12/h1-10H,11H2,(H,19,20,21). The van der Waals surface area contributed by atoms with Gasteiger partial charge in [0, 0.05) is 5.56 Å². The van der Waals surface area contributed by atoms with E-state index in [9.17, 15) is 9.18 Å². The number of hydrogen-bond acceptors (Lipinski definition) is 4. The summed E-state index contributed by atoms with van der Waals surface area (Å²) in [6.45, 7) is 0.151. The van der Waals surface area contributed by atoms with Crippen LogP contribution in [0.25, 0.3) is 11.3 Å². The molecule has 0 spiro atoms. The van der Waals surface area contributed by atoms with Crippen molar-refractivity contribution in [2.24, 2.45) is 0 Å². The molecule has 0 bridgehead atoms. The number of amides is 1. The summed E-state index contributed by atoms with van der Waals surface area (Å²) >= 11 is 0. The lowest BCUT2D eigenvalue weighted by Crippen LogP contribution is -2.13. The fourth-order valence-corrected chi connectivity index (χ4v) is 1.93. The maximum atomic E-state index is 12.9. The topological polar surface area (TPSA) is 64.4 Å². The number of carbonyl (C=O) groups is 1. The highest BCUT2D eigenvalue weighted by molar-refractivity contribution is 5.82. The Hall–Kier alpha value is -3.15. The van der Waals surface area contributed by atoms with Crippen LogP contribution < -0.4 is 5.32 Å². The number of aromatic nitrogens is 1. The van der Waals surface area contributed by atoms with Crippen molar-refractivity contribution in [3.63, 3.8) is 0 Å². The van der Waals surface area contributed by atoms with E-state index in [4.69, 9.17) is 9.15 Å². The Morgan fingerprint density at radius 1 is 1.13 bits per heavy atom. The molecular weight excluding hydrogens is 299 g/mol. The van der Waals surface area contributed by atoms with Gasteiger partial charge in [-0.1, -0.05) is 30.3 Å². The number of oxazole rings is 1. The molecule has 116 valence electrons. The summed E-state index contributed by atoms with van der Waals surface area (Å²) in [6.07, 6.45) is 0.779. The van der Waals surface area contributed by atoms with Gasteiger partial charge in [-0.2, -0.15) is 0 Å². The van der Waals surface area contributed by atoms with Gasteiger partial charge in [-0.15, -0.1) is 0 Å². The molecular formula is C17H13FN2O3. The highest BCUT2D eigenvalue weighted by Gasteiger charge is 2.10. The summed E-state index contributed by atoms with van der Waals surface area (Å²) in [5.74, 6) is 0.0828. The second-order valence-corrected chi connectivity index (χ2v) is 4.72. The number of nitrogens with one attached hydrogen (secondary N) is 1. The lowest BCUT2D eigenvalue weighted by atomic mass is 10.2. The summed E-state index contributed by atoms with van der Waals surface area (Å²) in [6, 6.07) is 15.1. The number of hydrogen-bond donors (Lipinski definition) is 1. The van der Waals surface area contributed by atoms with Crippen molar-refractivity contribution in [3.8, 4) is 11.3 Å². The Morgan fingerprint density at radius 2 is 1.87 bits per heavy atom. The van der Waals surface area contributed by atoms with E-state index in [1.54, 1.807) is 12.1 Å². The minimum Gasteiger partial charge on any atom is -0.444 e. The second-order valence-electron chi connectivity index (χ2n) is 4.72. The quantitative estimate of drug-likeness (QED) is 0.783. The Labute approximate surface area is 131 Å². The van der Waals surface area contributed by atoms with Crippen LogP contribution in [0.2, 0.25) is 0 Å². The molecule has 0 saturated heterocycles. The summed E-state index contributed by atoms with van der Waals surface area (Å²) in [4.78, 5) is 15.6. The lowest BCUT2D eigenvalue weighted by molar-refractivity contribution is 0.154. The molecule has 0 aliphatic rings. The number of halogens is 1. The third-order valence-electron chi connectivity index (χ3n) is 3.06. The first-order valence-electron chi connectivity index (χ1n) is 6.90. The van der Waals surface area contributed by atoms with Crippen LogP contribution in [0.15, 0.2) is 65.2 Å². The van der Waals surface area contributed by atoms with Crippen LogP contribution in [-0.2, 0) is 11.3 Å². The fraction of sp³-hybridized carbons (Fsp3) is 0.0588. The van der Waals surface area contributed by atoms with Crippen LogP contribution in [-0.4, -0.2) is 11.1 Å². The molecule has 0 saturated carbocycles. The maximum Gasteiger partial charge on any atom is 0.415 e. The first-order chi connectivity index (χ1) is 11.2. The van der Waals surface area contributed by atoms with Gasteiger partial charge in [-0.25, -0.2) is 19.5 Å². The zero-order chi connectivity index (χ0) is 16.1. The van der Waals surface area contributed by atoms with Gasteiger partial charge in [0.15, 0.2) is 5.76 Å². The third-order valence-corrected chi connectivity index (χ3v) is 3.06. The number of benzene rings is 2. The van der Waals surface area contributed by atoms with Crippen LogP contribution in [0.1, 0.15) is 5.56 Å². The van der Waals surface area contributed by atoms with E-state index in [1.807, 2.05) is 30.3 Å². The molecule has 3 rings (SSSR count). The first kappa shape index (κ1) is 14.8. The molecule has 5 nitrogen and oxygen atoms in total. The first-order valence-corrected chi connectivity index (χ1v) is 6.90. The van der Waals surface area contributed by atoms with Crippen molar-refractivity contribution in [2.75, 3.05) is 5.32 Å². The highest BCUT2D eigenvalue weighted by atomic mass is 19.1. The normalized spacial score (nSPS) is 10.3. The highest BCUT2D eigenvalue weighted by Crippen LogP contribution is 2.22. The largest absolute Gasteiger partial charge is 0.444 e. The zero-order valence-corrected chi connectivity index (χ0v) is 12.0. The number of rotatable bonds is 4. The van der Waals surface area contributed by atoms with Gasteiger partial charge in [0.2, 0.25) is 0 Å². The number of nitrogens with zero attached hydrogens (tertiary/aromatic N) is 1. The molecule has 1 heterocycles. The lowest BCUT2D eigenvalue weighted by Gasteiger charge is -2.04. The second kappa shape index (κ2) is 6.74. The molecule has 1 N–H and O–H groups in total. The van der Waals surface area contributed by atoms with E-state index in [2.05, 4.69) is 10.3 Å². The van der Waals surface area contributed by atoms with Gasteiger partial charge in [-0.3, -0.25) is 0 Å². The van der Waals surface area contributed by atoms with Gasteiger partial charge in [0.05, 0.1) is 6.20 Å². The van der Waals surface area contributed by atoms with Crippen LogP contribution in [0, 0.1) is 5.82 Å². The minimum absolute atomic E-state index is 0.0161. The van der Waals surface area contributed by atoms with Crippen molar-refractivity contribution >= 4 is 12.1 Å². The number of anilines is 1. The molecule has 1 aromatic heterocycles. The Bertz CT molecular complexity index is 785. The molecule has 2 aromatic carbocycles. The molecule has 6 heteroatoms. The van der Waals surface area contributed by atoms with E-state index in [0.717, 1.165) is 5.56 Å². The molecule has 0 unspecified atom stereocenters. The van der Waals surface area contributed by atoms with Crippen LogP contribution >= 0.6 is 0 Å². The van der Waals surface area contributed by atoms with E-state index < -0.39 is 6.09 Å². The van der Waals surface area contributed by atoms with Crippen molar-refractivity contribution in [3.05, 3.63) is 72.2 Å². The predicted octanol–water partition coefficient (Wildman–Crippen LogP) is 4.23. The van der Waals surface area contributed by atoms with Crippen LogP contribution in [0.3, 0.4) is 0 Å². The number of ether oxygens (including phenoxy) is 1. The van der Waals surface area contributed by atoms with Crippen LogP contribution in [0.4, 0.5) is 15.2 Å². The van der Waals surface area contributed by atoms with Gasteiger partial charge < -0.3 is 9.15 Å². The molecule has 3 aromatic rings. The summed E-state index contributed by atoms with van der Waals surface area (Å²) in [5.41, 5.74) is 1.53. The van der Waals surface area contributed by atoms with Crippen molar-refractivity contribution in [1.82, 2.24) is 4.98 Å². The van der Waals surface area contributed by atoms with E-state index >= 15 is 0 Å². The fourth-order valence-electron chi connectivity index (χ4n) is 1.93. The summed E-state index contributed by atoms with van der Waals surface area (Å²) in [5, 5.41) is 2.40. The molecule has 0 aliphatic carbocycles. The Balaban J connectivity index is 1.58. The molecule has 0 atom stereocenters. The maximum absolute atomic E-state index is 12.9. The average molecular weight is 312 g/mol. The Morgan fingerprint density at radius 3 is 2.61 bits per heavy atom. The van der Waals surface area contributed by atoms with Crippen LogP contribution in [0.5, 0.6) is 0 Å². The summed E-state index contributed by atoms with van der Waals surface area (Å²) in [7, 11) is 0. The van der Waals surface area contributed by atoms with E-state index in [-0.39, 0.29) is 18.4 Å².